The van der Waals surface area contributed by atoms with Gasteiger partial charge in [0.2, 0.25) is 0 Å². The van der Waals surface area contributed by atoms with Crippen LogP contribution in [0.3, 0.4) is 0 Å². The van der Waals surface area contributed by atoms with Crippen LogP contribution in [0.5, 0.6) is 0 Å². The summed E-state index contributed by atoms with van der Waals surface area (Å²) in [6.45, 7) is 3.56. The smallest absolute Gasteiger partial charge is 0.193 e. The number of nitrogens with zero attached hydrogens (tertiary/aromatic N) is 2. The van der Waals surface area contributed by atoms with Gasteiger partial charge < -0.3 is 9.97 Å². The fourth-order valence-corrected chi connectivity index (χ4v) is 3.21. The van der Waals surface area contributed by atoms with E-state index >= 15 is 0 Å². The van der Waals surface area contributed by atoms with E-state index in [4.69, 9.17) is 0 Å². The zero-order chi connectivity index (χ0) is 18.5. The average molecular weight is 352 g/mol. The molecule has 1 aliphatic rings. The number of aliphatic imine (C=N–C) groups is 2. The fourth-order valence-electron chi connectivity index (χ4n) is 3.21. The largest absolute Gasteiger partial charge is 0.367 e. The SMILES string of the molecule is Cc1c[nH]cc(C=NC2CCCCC2N=Cc2c[nH]cc(C)c2=O)c1=O. The zero-order valence-corrected chi connectivity index (χ0v) is 15.2. The average Bonchev–Trinajstić information content (AvgIpc) is 2.65. The third-order valence-electron chi connectivity index (χ3n) is 4.82. The molecule has 0 spiro atoms. The second-order valence-corrected chi connectivity index (χ2v) is 6.82. The third kappa shape index (κ3) is 4.07. The molecule has 0 aliphatic heterocycles. The number of aryl methyl sites for hydroxylation is 2. The number of nitrogens with one attached hydrogen (secondary N) is 2. The van der Waals surface area contributed by atoms with Crippen LogP contribution >= 0.6 is 0 Å². The summed E-state index contributed by atoms with van der Waals surface area (Å²) >= 11 is 0. The Bertz CT molecular complexity index is 862. The molecule has 0 radical (unpaired) electrons. The molecule has 1 aliphatic carbocycles. The number of pyridine rings is 2. The first-order valence-electron chi connectivity index (χ1n) is 8.98. The van der Waals surface area contributed by atoms with E-state index in [0.717, 1.165) is 25.7 Å². The molecule has 136 valence electrons. The van der Waals surface area contributed by atoms with E-state index in [1.54, 1.807) is 51.1 Å². The van der Waals surface area contributed by atoms with Gasteiger partial charge in [-0.25, -0.2) is 0 Å². The highest BCUT2D eigenvalue weighted by Crippen LogP contribution is 2.23. The van der Waals surface area contributed by atoms with E-state index in [-0.39, 0.29) is 22.9 Å². The summed E-state index contributed by atoms with van der Waals surface area (Å²) in [6.07, 6.45) is 14.1. The molecule has 1 fully saturated rings. The highest BCUT2D eigenvalue weighted by atomic mass is 16.1. The van der Waals surface area contributed by atoms with Crippen molar-refractivity contribution in [3.8, 4) is 0 Å². The first-order valence-corrected chi connectivity index (χ1v) is 8.98. The van der Waals surface area contributed by atoms with Crippen LogP contribution < -0.4 is 10.9 Å². The predicted molar refractivity (Wildman–Crippen MR) is 105 cm³/mol. The summed E-state index contributed by atoms with van der Waals surface area (Å²) < 4.78 is 0. The summed E-state index contributed by atoms with van der Waals surface area (Å²) in [5.41, 5.74) is 2.46. The first-order chi connectivity index (χ1) is 12.6. The topological polar surface area (TPSA) is 90.4 Å². The van der Waals surface area contributed by atoms with Crippen molar-refractivity contribution in [3.63, 3.8) is 0 Å². The van der Waals surface area contributed by atoms with Crippen molar-refractivity contribution in [1.29, 1.82) is 0 Å². The van der Waals surface area contributed by atoms with E-state index in [1.165, 1.54) is 0 Å². The lowest BCUT2D eigenvalue weighted by atomic mass is 9.91. The molecule has 0 aromatic carbocycles. The zero-order valence-electron chi connectivity index (χ0n) is 15.2. The van der Waals surface area contributed by atoms with Crippen LogP contribution in [0.4, 0.5) is 0 Å². The molecule has 0 bridgehead atoms. The van der Waals surface area contributed by atoms with Gasteiger partial charge in [0.1, 0.15) is 0 Å². The maximum Gasteiger partial charge on any atom is 0.193 e. The molecule has 1 saturated carbocycles. The Hall–Kier alpha value is -2.76. The molecular formula is C20H24N4O2. The molecule has 3 rings (SSSR count). The third-order valence-corrected chi connectivity index (χ3v) is 4.82. The second-order valence-electron chi connectivity index (χ2n) is 6.82. The van der Waals surface area contributed by atoms with E-state index in [9.17, 15) is 9.59 Å². The molecule has 26 heavy (non-hydrogen) atoms. The minimum Gasteiger partial charge on any atom is -0.367 e. The summed E-state index contributed by atoms with van der Waals surface area (Å²) in [6, 6.07) is 0.0626. The Morgan fingerprint density at radius 2 is 1.23 bits per heavy atom. The predicted octanol–water partition coefficient (Wildman–Crippen LogP) is 2.53. The molecule has 6 heteroatoms. The van der Waals surface area contributed by atoms with Crippen LogP contribution in [0, 0.1) is 13.8 Å². The summed E-state index contributed by atoms with van der Waals surface area (Å²) in [7, 11) is 0. The lowest BCUT2D eigenvalue weighted by Gasteiger charge is -2.25. The minimum atomic E-state index is -0.00495. The van der Waals surface area contributed by atoms with Crippen molar-refractivity contribution in [3.05, 3.63) is 67.5 Å². The standard InChI is InChI=1S/C20H24N4O2/c1-13-7-21-9-15(19(13)25)11-23-17-5-3-4-6-18(17)24-12-16-10-22-8-14(2)20(16)26/h7-12,17-18H,3-6H2,1-2H3,(H,21,25)(H,22,26). The second kappa shape index (κ2) is 8.08. The fraction of sp³-hybridized carbons (Fsp3) is 0.400. The molecule has 2 unspecified atom stereocenters. The molecule has 2 aromatic heterocycles. The van der Waals surface area contributed by atoms with Gasteiger partial charge in [0.05, 0.1) is 23.2 Å². The normalized spacial score (nSPS) is 20.8. The van der Waals surface area contributed by atoms with Crippen molar-refractivity contribution in [1.82, 2.24) is 9.97 Å². The number of aromatic amines is 2. The summed E-state index contributed by atoms with van der Waals surface area (Å²) in [4.78, 5) is 39.5. The molecule has 2 N–H and O–H groups in total. The Labute approximate surface area is 152 Å². The Balaban J connectivity index is 1.80. The molecule has 0 amide bonds. The molecule has 2 atom stereocenters. The molecule has 6 nitrogen and oxygen atoms in total. The van der Waals surface area contributed by atoms with Gasteiger partial charge in [-0.3, -0.25) is 19.6 Å². The maximum absolute atomic E-state index is 12.1. The van der Waals surface area contributed by atoms with Gasteiger partial charge in [0.15, 0.2) is 10.9 Å². The Morgan fingerprint density at radius 3 is 1.65 bits per heavy atom. The van der Waals surface area contributed by atoms with Gasteiger partial charge in [0.25, 0.3) is 0 Å². The van der Waals surface area contributed by atoms with Gasteiger partial charge in [0, 0.05) is 48.3 Å². The van der Waals surface area contributed by atoms with E-state index < -0.39 is 0 Å². The van der Waals surface area contributed by atoms with Crippen LogP contribution in [0.25, 0.3) is 0 Å². The van der Waals surface area contributed by atoms with Crippen LogP contribution in [-0.4, -0.2) is 34.5 Å². The molecule has 0 saturated heterocycles. The van der Waals surface area contributed by atoms with Gasteiger partial charge in [-0.2, -0.15) is 0 Å². The Kier molecular flexibility index (Phi) is 5.61. The van der Waals surface area contributed by atoms with Crippen molar-refractivity contribution in [2.45, 2.75) is 51.6 Å². The number of aromatic nitrogens is 2. The molecule has 2 aromatic rings. The Morgan fingerprint density at radius 1 is 0.808 bits per heavy atom. The minimum absolute atomic E-state index is 0.00495. The first kappa shape index (κ1) is 18.0. The highest BCUT2D eigenvalue weighted by molar-refractivity contribution is 5.80. The van der Waals surface area contributed by atoms with Crippen molar-refractivity contribution >= 4 is 12.4 Å². The molecule has 2 heterocycles. The van der Waals surface area contributed by atoms with Crippen LogP contribution in [0.15, 0.2) is 44.4 Å². The van der Waals surface area contributed by atoms with Gasteiger partial charge >= 0.3 is 0 Å². The monoisotopic (exact) mass is 352 g/mol. The number of hydrogen-bond acceptors (Lipinski definition) is 4. The van der Waals surface area contributed by atoms with Crippen molar-refractivity contribution in [2.75, 3.05) is 0 Å². The maximum atomic E-state index is 12.1. The van der Waals surface area contributed by atoms with Crippen LogP contribution in [-0.2, 0) is 0 Å². The van der Waals surface area contributed by atoms with Crippen molar-refractivity contribution < 1.29 is 0 Å². The van der Waals surface area contributed by atoms with Gasteiger partial charge in [-0.1, -0.05) is 12.8 Å². The van der Waals surface area contributed by atoms with Crippen molar-refractivity contribution in [2.24, 2.45) is 9.98 Å². The van der Waals surface area contributed by atoms with Gasteiger partial charge in [-0.15, -0.1) is 0 Å². The van der Waals surface area contributed by atoms with E-state index in [0.29, 0.717) is 22.3 Å². The lowest BCUT2D eigenvalue weighted by Crippen LogP contribution is -2.28. The lowest BCUT2D eigenvalue weighted by molar-refractivity contribution is 0.390. The quantitative estimate of drug-likeness (QED) is 0.828. The number of hydrogen-bond donors (Lipinski definition) is 2. The number of H-pyrrole nitrogens is 2. The van der Waals surface area contributed by atoms with Crippen LogP contribution in [0.2, 0.25) is 0 Å². The number of rotatable bonds is 4. The van der Waals surface area contributed by atoms with Gasteiger partial charge in [-0.05, 0) is 26.7 Å². The van der Waals surface area contributed by atoms with Crippen LogP contribution in [0.1, 0.15) is 47.9 Å². The molecular weight excluding hydrogens is 328 g/mol. The summed E-state index contributed by atoms with van der Waals surface area (Å²) in [5, 5.41) is 0. The van der Waals surface area contributed by atoms with E-state index in [2.05, 4.69) is 20.0 Å². The highest BCUT2D eigenvalue weighted by Gasteiger charge is 2.23. The van der Waals surface area contributed by atoms with E-state index in [1.807, 2.05) is 0 Å². The summed E-state index contributed by atoms with van der Waals surface area (Å²) in [5.74, 6) is 0.